The van der Waals surface area contributed by atoms with Gasteiger partial charge in [0.2, 0.25) is 0 Å². The maximum atomic E-state index is 12.0. The van der Waals surface area contributed by atoms with E-state index in [0.717, 1.165) is 0 Å². The first-order valence-corrected chi connectivity index (χ1v) is 8.60. The fraction of sp³-hybridized carbons (Fsp3) is 0.133. The summed E-state index contributed by atoms with van der Waals surface area (Å²) in [6.45, 7) is -0.352. The molecule has 0 aliphatic heterocycles. The summed E-state index contributed by atoms with van der Waals surface area (Å²) in [5, 5.41) is 0.408. The minimum atomic E-state index is -3.88. The van der Waals surface area contributed by atoms with Crippen molar-refractivity contribution in [2.75, 3.05) is 13.7 Å². The van der Waals surface area contributed by atoms with Crippen molar-refractivity contribution in [2.45, 2.75) is 4.90 Å². The lowest BCUT2D eigenvalue weighted by Gasteiger charge is -2.10. The molecule has 0 aliphatic carbocycles. The SMILES string of the molecule is COc1ccc(OCC(=O)NNS(=O)(=O)c2ccc(Cl)cc2)cc1. The highest BCUT2D eigenvalue weighted by atomic mass is 35.5. The number of sulfonamides is 1. The first-order valence-electron chi connectivity index (χ1n) is 6.74. The van der Waals surface area contributed by atoms with Gasteiger partial charge in [0.25, 0.3) is 15.9 Å². The molecule has 0 aliphatic rings. The maximum Gasteiger partial charge on any atom is 0.272 e. The van der Waals surface area contributed by atoms with Crippen LogP contribution in [-0.4, -0.2) is 28.0 Å². The molecule has 2 N–H and O–H groups in total. The average molecular weight is 371 g/mol. The van der Waals surface area contributed by atoms with E-state index >= 15 is 0 Å². The van der Waals surface area contributed by atoms with E-state index in [0.29, 0.717) is 16.5 Å². The Hall–Kier alpha value is -2.29. The number of halogens is 1. The van der Waals surface area contributed by atoms with E-state index in [4.69, 9.17) is 21.1 Å². The molecule has 0 radical (unpaired) electrons. The predicted octanol–water partition coefficient (Wildman–Crippen LogP) is 1.74. The number of methoxy groups -OCH3 is 1. The third-order valence-electron chi connectivity index (χ3n) is 2.88. The molecule has 0 bridgehead atoms. The molecular weight excluding hydrogens is 356 g/mol. The second-order valence-electron chi connectivity index (χ2n) is 4.57. The van der Waals surface area contributed by atoms with Gasteiger partial charge < -0.3 is 9.47 Å². The van der Waals surface area contributed by atoms with E-state index in [9.17, 15) is 13.2 Å². The third-order valence-corrected chi connectivity index (χ3v) is 4.39. The molecule has 7 nitrogen and oxygen atoms in total. The van der Waals surface area contributed by atoms with Gasteiger partial charge in [-0.1, -0.05) is 11.6 Å². The number of carbonyl (C=O) groups excluding carboxylic acids is 1. The second-order valence-corrected chi connectivity index (χ2v) is 6.69. The van der Waals surface area contributed by atoms with E-state index in [1.165, 1.54) is 31.4 Å². The Kier molecular flexibility index (Phi) is 6.02. The van der Waals surface area contributed by atoms with E-state index in [-0.39, 0.29) is 11.5 Å². The van der Waals surface area contributed by atoms with Crippen molar-refractivity contribution in [1.29, 1.82) is 0 Å². The second kappa shape index (κ2) is 8.00. The summed E-state index contributed by atoms with van der Waals surface area (Å²) in [6.07, 6.45) is 0. The van der Waals surface area contributed by atoms with Crippen LogP contribution in [0.3, 0.4) is 0 Å². The van der Waals surface area contributed by atoms with Crippen LogP contribution in [0.15, 0.2) is 53.4 Å². The molecule has 0 unspecified atom stereocenters. The van der Waals surface area contributed by atoms with Crippen molar-refractivity contribution < 1.29 is 22.7 Å². The molecule has 24 heavy (non-hydrogen) atoms. The Morgan fingerprint density at radius 2 is 1.62 bits per heavy atom. The standard InChI is InChI=1S/C15H15ClN2O5S/c1-22-12-4-6-13(7-5-12)23-10-15(19)17-18-24(20,21)14-8-2-11(16)3-9-14/h2-9,18H,10H2,1H3,(H,17,19). The molecule has 0 saturated carbocycles. The third kappa shape index (κ3) is 5.12. The maximum absolute atomic E-state index is 12.0. The molecule has 0 heterocycles. The minimum absolute atomic E-state index is 0.0247. The summed E-state index contributed by atoms with van der Waals surface area (Å²) in [7, 11) is -2.34. The van der Waals surface area contributed by atoms with Crippen LogP contribution in [0.2, 0.25) is 5.02 Å². The lowest BCUT2D eigenvalue weighted by molar-refractivity contribution is -0.123. The number of hydrogen-bond acceptors (Lipinski definition) is 5. The summed E-state index contributed by atoms with van der Waals surface area (Å²) < 4.78 is 34.2. The first-order chi connectivity index (χ1) is 11.4. The first kappa shape index (κ1) is 18.1. The fourth-order valence-corrected chi connectivity index (χ4v) is 2.64. The van der Waals surface area contributed by atoms with Crippen molar-refractivity contribution in [3.8, 4) is 11.5 Å². The number of rotatable bonds is 7. The number of nitrogens with one attached hydrogen (secondary N) is 2. The van der Waals surface area contributed by atoms with E-state index in [1.807, 2.05) is 4.83 Å². The molecular formula is C15H15ClN2O5S. The summed E-state index contributed by atoms with van der Waals surface area (Å²) in [5.41, 5.74) is 2.07. The van der Waals surface area contributed by atoms with Gasteiger partial charge in [-0.2, -0.15) is 0 Å². The van der Waals surface area contributed by atoms with Crippen LogP contribution in [0.4, 0.5) is 0 Å². The van der Waals surface area contributed by atoms with Gasteiger partial charge in [0.1, 0.15) is 11.5 Å². The van der Waals surface area contributed by atoms with Gasteiger partial charge in [0.15, 0.2) is 6.61 Å². The smallest absolute Gasteiger partial charge is 0.272 e. The van der Waals surface area contributed by atoms with Crippen LogP contribution < -0.4 is 19.7 Å². The fourth-order valence-electron chi connectivity index (χ4n) is 1.65. The van der Waals surface area contributed by atoms with E-state index in [1.54, 1.807) is 24.3 Å². The molecule has 2 rings (SSSR count). The van der Waals surface area contributed by atoms with Gasteiger partial charge in [0.05, 0.1) is 12.0 Å². The Morgan fingerprint density at radius 3 is 2.21 bits per heavy atom. The molecule has 1 amide bonds. The zero-order chi connectivity index (χ0) is 17.6. The predicted molar refractivity (Wildman–Crippen MR) is 88.4 cm³/mol. The van der Waals surface area contributed by atoms with Crippen molar-refractivity contribution in [1.82, 2.24) is 10.3 Å². The molecule has 0 aromatic heterocycles. The van der Waals surface area contributed by atoms with Crippen LogP contribution in [0, 0.1) is 0 Å². The van der Waals surface area contributed by atoms with Crippen LogP contribution in [0.5, 0.6) is 11.5 Å². The highest BCUT2D eigenvalue weighted by molar-refractivity contribution is 7.89. The minimum Gasteiger partial charge on any atom is -0.497 e. The Balaban J connectivity index is 1.84. The lowest BCUT2D eigenvalue weighted by Crippen LogP contribution is -2.43. The average Bonchev–Trinajstić information content (AvgIpc) is 2.59. The summed E-state index contributed by atoms with van der Waals surface area (Å²) >= 11 is 5.70. The summed E-state index contributed by atoms with van der Waals surface area (Å²) in [5.74, 6) is 0.456. The number of benzene rings is 2. The van der Waals surface area contributed by atoms with Crippen LogP contribution in [-0.2, 0) is 14.8 Å². The van der Waals surface area contributed by atoms with Crippen LogP contribution in [0.25, 0.3) is 0 Å². The largest absolute Gasteiger partial charge is 0.497 e. The van der Waals surface area contributed by atoms with E-state index < -0.39 is 15.9 Å². The number of amides is 1. The van der Waals surface area contributed by atoms with E-state index in [2.05, 4.69) is 5.43 Å². The summed E-state index contributed by atoms with van der Waals surface area (Å²) in [4.78, 5) is 13.6. The topological polar surface area (TPSA) is 93.7 Å². The van der Waals surface area contributed by atoms with Gasteiger partial charge in [-0.25, -0.2) is 8.42 Å². The summed E-state index contributed by atoms with van der Waals surface area (Å²) in [6, 6.07) is 12.1. The van der Waals surface area contributed by atoms with Crippen LogP contribution in [0.1, 0.15) is 0 Å². The normalized spacial score (nSPS) is 10.9. The molecule has 0 saturated heterocycles. The van der Waals surface area contributed by atoms with Crippen LogP contribution >= 0.6 is 11.6 Å². The molecule has 0 atom stereocenters. The Morgan fingerprint density at radius 1 is 1.04 bits per heavy atom. The van der Waals surface area contributed by atoms with Crippen molar-refractivity contribution in [3.63, 3.8) is 0 Å². The highest BCUT2D eigenvalue weighted by Crippen LogP contribution is 2.16. The number of carbonyl (C=O) groups is 1. The number of ether oxygens (including phenoxy) is 2. The van der Waals surface area contributed by atoms with Crippen molar-refractivity contribution in [3.05, 3.63) is 53.6 Å². The zero-order valence-electron chi connectivity index (χ0n) is 12.7. The molecule has 0 spiro atoms. The Labute approximate surface area is 144 Å². The monoisotopic (exact) mass is 370 g/mol. The lowest BCUT2D eigenvalue weighted by atomic mass is 10.3. The highest BCUT2D eigenvalue weighted by Gasteiger charge is 2.15. The van der Waals surface area contributed by atoms with Gasteiger partial charge in [0, 0.05) is 5.02 Å². The molecule has 2 aromatic carbocycles. The van der Waals surface area contributed by atoms with Gasteiger partial charge >= 0.3 is 0 Å². The molecule has 2 aromatic rings. The van der Waals surface area contributed by atoms with Gasteiger partial charge in [-0.15, -0.1) is 4.83 Å². The number of hydrogen-bond donors (Lipinski definition) is 2. The molecule has 9 heteroatoms. The van der Waals surface area contributed by atoms with Crippen molar-refractivity contribution in [2.24, 2.45) is 0 Å². The molecule has 128 valence electrons. The quantitative estimate of drug-likeness (QED) is 0.724. The van der Waals surface area contributed by atoms with Gasteiger partial charge in [-0.05, 0) is 48.5 Å². The zero-order valence-corrected chi connectivity index (χ0v) is 14.2. The molecule has 0 fully saturated rings. The number of hydrazine groups is 1. The van der Waals surface area contributed by atoms with Crippen molar-refractivity contribution >= 4 is 27.5 Å². The Bertz CT molecular complexity index is 792. The van der Waals surface area contributed by atoms with Gasteiger partial charge in [-0.3, -0.25) is 10.2 Å².